The molecule has 3 rings (SSSR count). The summed E-state index contributed by atoms with van der Waals surface area (Å²) in [7, 11) is 0. The molecule has 112 valence electrons. The summed E-state index contributed by atoms with van der Waals surface area (Å²) in [5.41, 5.74) is 4.12. The molecule has 0 unspecified atom stereocenters. The predicted octanol–water partition coefficient (Wildman–Crippen LogP) is 3.20. The monoisotopic (exact) mass is 284 g/mol. The average Bonchev–Trinajstić information content (AvgIpc) is 2.90. The fourth-order valence-corrected chi connectivity index (χ4v) is 3.09. The van der Waals surface area contributed by atoms with Gasteiger partial charge in [-0.25, -0.2) is 0 Å². The van der Waals surface area contributed by atoms with Crippen molar-refractivity contribution in [3.8, 4) is 0 Å². The Morgan fingerprint density at radius 3 is 2.76 bits per heavy atom. The van der Waals surface area contributed by atoms with Crippen LogP contribution in [0.5, 0.6) is 0 Å². The molecular weight excluding hydrogens is 260 g/mol. The molecule has 4 heteroatoms. The highest BCUT2D eigenvalue weighted by atomic mass is 15.3. The summed E-state index contributed by atoms with van der Waals surface area (Å²) in [6.07, 6.45) is 9.31. The van der Waals surface area contributed by atoms with Gasteiger partial charge < -0.3 is 5.32 Å². The Bertz CT molecular complexity index is 595. The van der Waals surface area contributed by atoms with E-state index in [1.54, 1.807) is 0 Å². The number of hydrogen-bond acceptors (Lipinski definition) is 3. The van der Waals surface area contributed by atoms with Gasteiger partial charge in [0, 0.05) is 36.2 Å². The van der Waals surface area contributed by atoms with E-state index in [1.165, 1.54) is 29.7 Å². The van der Waals surface area contributed by atoms with Gasteiger partial charge in [-0.1, -0.05) is 0 Å². The summed E-state index contributed by atoms with van der Waals surface area (Å²) >= 11 is 0. The van der Waals surface area contributed by atoms with Crippen LogP contribution in [-0.2, 0) is 18.5 Å². The summed E-state index contributed by atoms with van der Waals surface area (Å²) in [5, 5.41) is 8.32. The zero-order valence-corrected chi connectivity index (χ0v) is 13.1. The van der Waals surface area contributed by atoms with Crippen LogP contribution >= 0.6 is 0 Å². The summed E-state index contributed by atoms with van der Waals surface area (Å²) < 4.78 is 2.20. The van der Waals surface area contributed by atoms with Gasteiger partial charge in [-0.3, -0.25) is 9.67 Å². The van der Waals surface area contributed by atoms with Crippen LogP contribution < -0.4 is 5.32 Å². The van der Waals surface area contributed by atoms with Crippen molar-refractivity contribution in [3.05, 3.63) is 47.5 Å². The van der Waals surface area contributed by atoms with E-state index >= 15 is 0 Å². The zero-order valence-electron chi connectivity index (χ0n) is 13.1. The molecule has 4 nitrogen and oxygen atoms in total. The van der Waals surface area contributed by atoms with Gasteiger partial charge in [0.25, 0.3) is 0 Å². The molecule has 0 saturated heterocycles. The maximum Gasteiger partial charge on any atom is 0.0546 e. The molecule has 0 amide bonds. The minimum absolute atomic E-state index is 0.0561. The van der Waals surface area contributed by atoms with E-state index in [0.717, 1.165) is 13.0 Å². The highest BCUT2D eigenvalue weighted by Crippen LogP contribution is 2.32. The van der Waals surface area contributed by atoms with Crippen LogP contribution in [-0.4, -0.2) is 14.8 Å². The fraction of sp³-hybridized carbons (Fsp3) is 0.529. The predicted molar refractivity (Wildman–Crippen MR) is 84.0 cm³/mol. The zero-order chi connectivity index (χ0) is 14.9. The first-order valence-electron chi connectivity index (χ1n) is 7.75. The summed E-state index contributed by atoms with van der Waals surface area (Å²) in [6, 6.07) is 4.54. The topological polar surface area (TPSA) is 42.7 Å². The lowest BCUT2D eigenvalue weighted by molar-refractivity contribution is 0.334. The molecule has 1 aliphatic carbocycles. The van der Waals surface area contributed by atoms with Crippen molar-refractivity contribution in [2.75, 3.05) is 0 Å². The van der Waals surface area contributed by atoms with Gasteiger partial charge in [0.05, 0.1) is 11.7 Å². The minimum Gasteiger partial charge on any atom is -0.306 e. The molecule has 1 N–H and O–H groups in total. The summed E-state index contributed by atoms with van der Waals surface area (Å²) in [6.45, 7) is 7.53. The molecule has 0 fully saturated rings. The molecule has 0 bridgehead atoms. The third-order valence-electron chi connectivity index (χ3n) is 4.12. The minimum atomic E-state index is 0.0561. The molecule has 0 spiro atoms. The molecule has 21 heavy (non-hydrogen) atoms. The van der Waals surface area contributed by atoms with Gasteiger partial charge in [0.2, 0.25) is 0 Å². The van der Waals surface area contributed by atoms with Gasteiger partial charge >= 0.3 is 0 Å². The van der Waals surface area contributed by atoms with Crippen LogP contribution in [0.1, 0.15) is 56.5 Å². The van der Waals surface area contributed by atoms with E-state index < -0.39 is 0 Å². The Morgan fingerprint density at radius 1 is 1.29 bits per heavy atom. The SMILES string of the molecule is CC(C)(C)n1ncc2c1CCC[C@@H]2NCc1ccncc1. The molecule has 0 saturated carbocycles. The number of hydrogen-bond donors (Lipinski definition) is 1. The lowest BCUT2D eigenvalue weighted by Gasteiger charge is -2.28. The van der Waals surface area contributed by atoms with E-state index in [9.17, 15) is 0 Å². The van der Waals surface area contributed by atoms with Crippen molar-refractivity contribution in [1.29, 1.82) is 0 Å². The number of nitrogens with zero attached hydrogens (tertiary/aromatic N) is 3. The van der Waals surface area contributed by atoms with Gasteiger partial charge in [-0.15, -0.1) is 0 Å². The van der Waals surface area contributed by atoms with Gasteiger partial charge in [0.15, 0.2) is 0 Å². The Labute approximate surface area is 126 Å². The van der Waals surface area contributed by atoms with E-state index in [-0.39, 0.29) is 5.54 Å². The van der Waals surface area contributed by atoms with Crippen LogP contribution in [0.3, 0.4) is 0 Å². The molecule has 1 aliphatic rings. The van der Waals surface area contributed by atoms with Crippen molar-refractivity contribution >= 4 is 0 Å². The van der Waals surface area contributed by atoms with E-state index in [4.69, 9.17) is 0 Å². The maximum atomic E-state index is 4.64. The van der Waals surface area contributed by atoms with Crippen LogP contribution in [0.4, 0.5) is 0 Å². The van der Waals surface area contributed by atoms with Crippen molar-refractivity contribution in [2.45, 2.75) is 58.2 Å². The number of pyridine rings is 1. The first-order chi connectivity index (χ1) is 10.1. The second-order valence-corrected chi connectivity index (χ2v) is 6.81. The lowest BCUT2D eigenvalue weighted by Crippen LogP contribution is -2.29. The molecule has 0 aromatic carbocycles. The van der Waals surface area contributed by atoms with Crippen molar-refractivity contribution in [1.82, 2.24) is 20.1 Å². The van der Waals surface area contributed by atoms with Gasteiger partial charge in [-0.2, -0.15) is 5.10 Å². The average molecular weight is 284 g/mol. The maximum absolute atomic E-state index is 4.64. The molecule has 0 radical (unpaired) electrons. The standard InChI is InChI=1S/C17H24N4/c1-17(2,3)21-16-6-4-5-15(14(16)12-20-21)19-11-13-7-9-18-10-8-13/h7-10,12,15,19H,4-6,11H2,1-3H3/t15-/m0/s1. The summed E-state index contributed by atoms with van der Waals surface area (Å²) in [5.74, 6) is 0. The second kappa shape index (κ2) is 5.60. The van der Waals surface area contributed by atoms with E-state index in [1.807, 2.05) is 12.4 Å². The Hall–Kier alpha value is -1.68. The Balaban J connectivity index is 1.77. The highest BCUT2D eigenvalue weighted by Gasteiger charge is 2.27. The largest absolute Gasteiger partial charge is 0.306 e. The molecule has 2 heterocycles. The van der Waals surface area contributed by atoms with Crippen LogP contribution in [0.2, 0.25) is 0 Å². The van der Waals surface area contributed by atoms with Crippen molar-refractivity contribution < 1.29 is 0 Å². The number of fused-ring (bicyclic) bond motifs is 1. The van der Waals surface area contributed by atoms with Crippen LogP contribution in [0.15, 0.2) is 30.7 Å². The molecule has 1 atom stereocenters. The van der Waals surface area contributed by atoms with E-state index in [0.29, 0.717) is 6.04 Å². The van der Waals surface area contributed by atoms with Crippen LogP contribution in [0.25, 0.3) is 0 Å². The smallest absolute Gasteiger partial charge is 0.0546 e. The Kier molecular flexibility index (Phi) is 3.81. The molecular formula is C17H24N4. The molecule has 0 aliphatic heterocycles. The summed E-state index contributed by atoms with van der Waals surface area (Å²) in [4.78, 5) is 4.07. The highest BCUT2D eigenvalue weighted by molar-refractivity contribution is 5.26. The first-order valence-corrected chi connectivity index (χ1v) is 7.75. The first kappa shape index (κ1) is 14.3. The number of nitrogens with one attached hydrogen (secondary N) is 1. The normalized spacial score (nSPS) is 18.5. The van der Waals surface area contributed by atoms with Gasteiger partial charge in [0.1, 0.15) is 0 Å². The molecule has 2 aromatic rings. The lowest BCUT2D eigenvalue weighted by atomic mass is 9.92. The molecule has 2 aromatic heterocycles. The fourth-order valence-electron chi connectivity index (χ4n) is 3.09. The van der Waals surface area contributed by atoms with Crippen molar-refractivity contribution in [3.63, 3.8) is 0 Å². The van der Waals surface area contributed by atoms with Gasteiger partial charge in [-0.05, 0) is 57.7 Å². The third-order valence-corrected chi connectivity index (χ3v) is 4.12. The second-order valence-electron chi connectivity index (χ2n) is 6.81. The number of aromatic nitrogens is 3. The Morgan fingerprint density at radius 2 is 2.05 bits per heavy atom. The third kappa shape index (κ3) is 3.00. The van der Waals surface area contributed by atoms with Crippen LogP contribution in [0, 0.1) is 0 Å². The number of rotatable bonds is 3. The quantitative estimate of drug-likeness (QED) is 0.941. The van der Waals surface area contributed by atoms with Crippen molar-refractivity contribution in [2.24, 2.45) is 0 Å². The van der Waals surface area contributed by atoms with E-state index in [2.05, 4.69) is 59.2 Å².